The average Bonchev–Trinajstić information content (AvgIpc) is 2.26. The number of hydrogen-bond acceptors (Lipinski definition) is 3. The molecule has 1 aliphatic heterocycles. The molecule has 1 atom stereocenters. The van der Waals surface area contributed by atoms with Crippen LogP contribution in [0.15, 0.2) is 0 Å². The molecule has 0 bridgehead atoms. The molecule has 0 aliphatic carbocycles. The monoisotopic (exact) mass is 256 g/mol. The van der Waals surface area contributed by atoms with Crippen LogP contribution in [0.5, 0.6) is 0 Å². The Kier molecular flexibility index (Phi) is 5.14. The minimum Gasteiger partial charge on any atom is -0.378 e. The van der Waals surface area contributed by atoms with E-state index in [2.05, 4.69) is 5.32 Å². The van der Waals surface area contributed by atoms with Gasteiger partial charge in [0.2, 0.25) is 11.8 Å². The second-order valence-corrected chi connectivity index (χ2v) is 5.96. The summed E-state index contributed by atoms with van der Waals surface area (Å²) in [6.45, 7) is 10.1. The van der Waals surface area contributed by atoms with Crippen LogP contribution in [0, 0.1) is 5.41 Å². The van der Waals surface area contributed by atoms with Gasteiger partial charge < -0.3 is 15.0 Å². The maximum atomic E-state index is 12.1. The fourth-order valence-corrected chi connectivity index (χ4v) is 1.89. The summed E-state index contributed by atoms with van der Waals surface area (Å²) in [4.78, 5) is 25.5. The highest BCUT2D eigenvalue weighted by Crippen LogP contribution is 2.18. The number of carbonyl (C=O) groups excluding carboxylic acids is 2. The van der Waals surface area contributed by atoms with E-state index in [1.165, 1.54) is 0 Å². The third kappa shape index (κ3) is 5.04. The lowest BCUT2D eigenvalue weighted by molar-refractivity contribution is -0.139. The number of hydrogen-bond donors (Lipinski definition) is 1. The Morgan fingerprint density at radius 3 is 2.33 bits per heavy atom. The normalized spacial score (nSPS) is 18.3. The first-order chi connectivity index (χ1) is 8.29. The minimum atomic E-state index is -0.460. The summed E-state index contributed by atoms with van der Waals surface area (Å²) in [6.07, 6.45) is 0.424. The summed E-state index contributed by atoms with van der Waals surface area (Å²) < 4.78 is 5.20. The van der Waals surface area contributed by atoms with E-state index in [0.29, 0.717) is 32.7 Å². The SMILES string of the molecule is CC(NC(=O)CC(C)(C)C)C(=O)N1CCOCC1. The van der Waals surface area contributed by atoms with E-state index in [9.17, 15) is 9.59 Å². The van der Waals surface area contributed by atoms with Gasteiger partial charge in [0.1, 0.15) is 6.04 Å². The smallest absolute Gasteiger partial charge is 0.245 e. The Bertz CT molecular complexity index is 304. The van der Waals surface area contributed by atoms with Crippen molar-refractivity contribution in [3.8, 4) is 0 Å². The minimum absolute atomic E-state index is 0.0273. The van der Waals surface area contributed by atoms with Gasteiger partial charge in [-0.3, -0.25) is 9.59 Å². The van der Waals surface area contributed by atoms with Gasteiger partial charge in [0.25, 0.3) is 0 Å². The van der Waals surface area contributed by atoms with Crippen LogP contribution in [0.4, 0.5) is 0 Å². The predicted molar refractivity (Wildman–Crippen MR) is 69.1 cm³/mol. The summed E-state index contributed by atoms with van der Waals surface area (Å²) >= 11 is 0. The van der Waals surface area contributed by atoms with Crippen molar-refractivity contribution in [1.29, 1.82) is 0 Å². The zero-order chi connectivity index (χ0) is 13.8. The molecule has 5 heteroatoms. The highest BCUT2D eigenvalue weighted by molar-refractivity contribution is 5.87. The van der Waals surface area contributed by atoms with Crippen molar-refractivity contribution >= 4 is 11.8 Å². The van der Waals surface area contributed by atoms with Crippen LogP contribution < -0.4 is 5.32 Å². The molecule has 0 spiro atoms. The molecule has 104 valence electrons. The van der Waals surface area contributed by atoms with E-state index in [0.717, 1.165) is 0 Å². The fraction of sp³-hybridized carbons (Fsp3) is 0.846. The molecule has 18 heavy (non-hydrogen) atoms. The highest BCUT2D eigenvalue weighted by atomic mass is 16.5. The molecule has 0 aromatic rings. The third-order valence-electron chi connectivity index (χ3n) is 2.76. The number of nitrogens with zero attached hydrogens (tertiary/aromatic N) is 1. The predicted octanol–water partition coefficient (Wildman–Crippen LogP) is 0.786. The molecule has 2 amide bonds. The van der Waals surface area contributed by atoms with Crippen LogP contribution in [-0.4, -0.2) is 49.1 Å². The van der Waals surface area contributed by atoms with E-state index < -0.39 is 6.04 Å². The van der Waals surface area contributed by atoms with E-state index in [1.807, 2.05) is 20.8 Å². The number of morpholine rings is 1. The van der Waals surface area contributed by atoms with Crippen LogP contribution in [-0.2, 0) is 14.3 Å². The quantitative estimate of drug-likeness (QED) is 0.812. The second-order valence-electron chi connectivity index (χ2n) is 5.96. The molecule has 0 aromatic heterocycles. The molecule has 1 unspecified atom stereocenters. The van der Waals surface area contributed by atoms with Crippen LogP contribution in [0.1, 0.15) is 34.1 Å². The lowest BCUT2D eigenvalue weighted by Gasteiger charge is -2.29. The topological polar surface area (TPSA) is 58.6 Å². The van der Waals surface area contributed by atoms with Crippen LogP contribution in [0.2, 0.25) is 0 Å². The zero-order valence-corrected chi connectivity index (χ0v) is 11.8. The van der Waals surface area contributed by atoms with Crippen LogP contribution in [0.3, 0.4) is 0 Å². The van der Waals surface area contributed by atoms with Crippen molar-refractivity contribution in [3.63, 3.8) is 0 Å². The summed E-state index contributed by atoms with van der Waals surface area (Å²) in [7, 11) is 0. The number of rotatable bonds is 3. The molecule has 1 heterocycles. The average molecular weight is 256 g/mol. The Balaban J connectivity index is 2.41. The van der Waals surface area contributed by atoms with Crippen molar-refractivity contribution in [2.75, 3.05) is 26.3 Å². The van der Waals surface area contributed by atoms with Gasteiger partial charge >= 0.3 is 0 Å². The van der Waals surface area contributed by atoms with Gasteiger partial charge in [-0.15, -0.1) is 0 Å². The number of carbonyl (C=O) groups is 2. The van der Waals surface area contributed by atoms with E-state index in [4.69, 9.17) is 4.74 Å². The Morgan fingerprint density at radius 2 is 1.83 bits per heavy atom. The summed E-state index contributed by atoms with van der Waals surface area (Å²) in [5.74, 6) is -0.0998. The summed E-state index contributed by atoms with van der Waals surface area (Å²) in [6, 6.07) is -0.460. The van der Waals surface area contributed by atoms with Gasteiger partial charge in [-0.1, -0.05) is 20.8 Å². The maximum absolute atomic E-state index is 12.1. The molecule has 0 saturated carbocycles. The molecular formula is C13H24N2O3. The number of nitrogens with one attached hydrogen (secondary N) is 1. The fourth-order valence-electron chi connectivity index (χ4n) is 1.89. The van der Waals surface area contributed by atoms with Gasteiger partial charge in [0.15, 0.2) is 0 Å². The second kappa shape index (κ2) is 6.18. The first-order valence-electron chi connectivity index (χ1n) is 6.45. The molecule has 0 aromatic carbocycles. The first-order valence-corrected chi connectivity index (χ1v) is 6.45. The van der Waals surface area contributed by atoms with Crippen molar-refractivity contribution < 1.29 is 14.3 Å². The molecule has 1 aliphatic rings. The van der Waals surface area contributed by atoms with Gasteiger partial charge in [-0.05, 0) is 12.3 Å². The molecular weight excluding hydrogens is 232 g/mol. The van der Waals surface area contributed by atoms with Crippen molar-refractivity contribution in [2.45, 2.75) is 40.2 Å². The molecule has 1 saturated heterocycles. The lowest BCUT2D eigenvalue weighted by atomic mass is 9.92. The zero-order valence-electron chi connectivity index (χ0n) is 11.8. The molecule has 0 radical (unpaired) electrons. The van der Waals surface area contributed by atoms with Crippen LogP contribution in [0.25, 0.3) is 0 Å². The van der Waals surface area contributed by atoms with Gasteiger partial charge in [-0.25, -0.2) is 0 Å². The van der Waals surface area contributed by atoms with E-state index in [-0.39, 0.29) is 17.2 Å². The standard InChI is InChI=1S/C13H24N2O3/c1-10(14-11(16)9-13(2,3)4)12(17)15-5-7-18-8-6-15/h10H,5-9H2,1-4H3,(H,14,16). The molecule has 1 rings (SSSR count). The lowest BCUT2D eigenvalue weighted by Crippen LogP contribution is -2.50. The Labute approximate surface area is 109 Å². The first kappa shape index (κ1) is 15.0. The molecule has 5 nitrogen and oxygen atoms in total. The largest absolute Gasteiger partial charge is 0.378 e. The number of amides is 2. The molecule has 1 N–H and O–H groups in total. The Hall–Kier alpha value is -1.10. The van der Waals surface area contributed by atoms with Gasteiger partial charge in [0, 0.05) is 19.5 Å². The number of ether oxygens (including phenoxy) is 1. The van der Waals surface area contributed by atoms with E-state index >= 15 is 0 Å². The summed E-state index contributed by atoms with van der Waals surface area (Å²) in [5, 5.41) is 2.76. The summed E-state index contributed by atoms with van der Waals surface area (Å²) in [5.41, 5.74) is -0.0637. The molecule has 1 fully saturated rings. The third-order valence-corrected chi connectivity index (χ3v) is 2.76. The Morgan fingerprint density at radius 1 is 1.28 bits per heavy atom. The van der Waals surface area contributed by atoms with Crippen molar-refractivity contribution in [1.82, 2.24) is 10.2 Å². The van der Waals surface area contributed by atoms with Crippen LogP contribution >= 0.6 is 0 Å². The van der Waals surface area contributed by atoms with Gasteiger partial charge in [-0.2, -0.15) is 0 Å². The van der Waals surface area contributed by atoms with Crippen molar-refractivity contribution in [2.24, 2.45) is 5.41 Å². The highest BCUT2D eigenvalue weighted by Gasteiger charge is 2.25. The van der Waals surface area contributed by atoms with E-state index in [1.54, 1.807) is 11.8 Å². The van der Waals surface area contributed by atoms with Crippen molar-refractivity contribution in [3.05, 3.63) is 0 Å². The van der Waals surface area contributed by atoms with Gasteiger partial charge in [0.05, 0.1) is 13.2 Å². The maximum Gasteiger partial charge on any atom is 0.245 e.